The molecule has 0 radical (unpaired) electrons. The molecular formula is C53H34N6. The zero-order chi connectivity index (χ0) is 38.6. The van der Waals surface area contributed by atoms with Crippen molar-refractivity contribution in [2.75, 3.05) is 0 Å². The van der Waals surface area contributed by atoms with Crippen molar-refractivity contribution < 1.29 is 0 Å². The maximum Gasteiger partial charge on any atom is 0.238 e. The average molecular weight is 755 g/mol. The molecule has 0 unspecified atom stereocenters. The summed E-state index contributed by atoms with van der Waals surface area (Å²) >= 11 is 0. The van der Waals surface area contributed by atoms with E-state index in [1.165, 1.54) is 48.7 Å². The number of para-hydroxylation sites is 7. The van der Waals surface area contributed by atoms with Gasteiger partial charge in [0.2, 0.25) is 5.96 Å². The Morgan fingerprint density at radius 3 is 1.32 bits per heavy atom. The summed E-state index contributed by atoms with van der Waals surface area (Å²) in [6.45, 7) is 0. The van der Waals surface area contributed by atoms with Crippen LogP contribution in [0.3, 0.4) is 0 Å². The summed E-state index contributed by atoms with van der Waals surface area (Å²) in [5, 5.41) is 9.55. The molecule has 4 aromatic heterocycles. The third-order valence-corrected chi connectivity index (χ3v) is 12.2. The van der Waals surface area contributed by atoms with Crippen LogP contribution in [0.4, 0.5) is 0 Å². The van der Waals surface area contributed by atoms with Crippen molar-refractivity contribution >= 4 is 105 Å². The lowest BCUT2D eigenvalue weighted by Gasteiger charge is -2.12. The van der Waals surface area contributed by atoms with Gasteiger partial charge in [-0.05, 0) is 60.7 Å². The molecule has 5 heterocycles. The maximum absolute atomic E-state index is 5.71. The van der Waals surface area contributed by atoms with E-state index < -0.39 is 0 Å². The van der Waals surface area contributed by atoms with Gasteiger partial charge in [0.1, 0.15) is 11.7 Å². The molecular weight excluding hydrogens is 721 g/mol. The quantitative estimate of drug-likeness (QED) is 0.169. The molecule has 59 heavy (non-hydrogen) atoms. The number of aromatic nitrogens is 4. The summed E-state index contributed by atoms with van der Waals surface area (Å²) in [6.07, 6.45) is 2.82. The Kier molecular flexibility index (Phi) is 6.69. The van der Waals surface area contributed by atoms with Gasteiger partial charge in [-0.3, -0.25) is 13.7 Å². The van der Waals surface area contributed by atoms with Gasteiger partial charge in [-0.25, -0.2) is 0 Å². The molecule has 0 saturated carbocycles. The predicted molar refractivity (Wildman–Crippen MR) is 247 cm³/mol. The van der Waals surface area contributed by atoms with E-state index in [2.05, 4.69) is 212 Å². The van der Waals surface area contributed by atoms with Crippen LogP contribution in [0.5, 0.6) is 0 Å². The number of benzene rings is 8. The Morgan fingerprint density at radius 2 is 0.763 bits per heavy atom. The monoisotopic (exact) mass is 754 g/mol. The minimum absolute atomic E-state index is 0.565. The van der Waals surface area contributed by atoms with E-state index in [1.807, 2.05) is 0 Å². The van der Waals surface area contributed by atoms with Gasteiger partial charge in [0.25, 0.3) is 0 Å². The molecule has 6 heteroatoms. The van der Waals surface area contributed by atoms with Crippen molar-refractivity contribution in [2.24, 2.45) is 9.98 Å². The Labute approximate surface area is 338 Å². The number of nitrogens with zero attached hydrogens (tertiary/aromatic N) is 6. The van der Waals surface area contributed by atoms with Gasteiger partial charge in [0.15, 0.2) is 0 Å². The van der Waals surface area contributed by atoms with E-state index in [1.54, 1.807) is 0 Å². The summed E-state index contributed by atoms with van der Waals surface area (Å²) in [6, 6.07) is 67.3. The Hall–Kier alpha value is -7.96. The summed E-state index contributed by atoms with van der Waals surface area (Å²) in [7, 11) is 0. The van der Waals surface area contributed by atoms with Crippen LogP contribution in [0.1, 0.15) is 6.42 Å². The van der Waals surface area contributed by atoms with Gasteiger partial charge in [-0.15, -0.1) is 0 Å². The van der Waals surface area contributed by atoms with Crippen molar-refractivity contribution in [3.8, 4) is 5.69 Å². The average Bonchev–Trinajstić information content (AvgIpc) is 3.98. The molecule has 1 aliphatic rings. The summed E-state index contributed by atoms with van der Waals surface area (Å²) in [5.41, 5.74) is 10.0. The zero-order valence-electron chi connectivity index (χ0n) is 31.9. The first kappa shape index (κ1) is 32.2. The number of allylic oxidation sites excluding steroid dienone is 1. The van der Waals surface area contributed by atoms with Crippen molar-refractivity contribution in [3.05, 3.63) is 194 Å². The number of hydrogen-bond donors (Lipinski definition) is 0. The summed E-state index contributed by atoms with van der Waals surface area (Å²) in [4.78, 5) is 11.4. The molecule has 0 aliphatic carbocycles. The first-order valence-corrected chi connectivity index (χ1v) is 20.2. The zero-order valence-corrected chi connectivity index (χ0v) is 31.9. The lowest BCUT2D eigenvalue weighted by molar-refractivity contribution is 1.14. The lowest BCUT2D eigenvalue weighted by atomic mass is 10.1. The van der Waals surface area contributed by atoms with Crippen molar-refractivity contribution in [2.45, 2.75) is 6.42 Å². The van der Waals surface area contributed by atoms with E-state index in [4.69, 9.17) is 9.98 Å². The topological polar surface area (TPSA) is 44.4 Å². The van der Waals surface area contributed by atoms with Gasteiger partial charge in [0.05, 0.1) is 44.1 Å². The largest absolute Gasteiger partial charge is 0.309 e. The number of hydrogen-bond acceptors (Lipinski definition) is 2. The third-order valence-electron chi connectivity index (χ3n) is 12.2. The highest BCUT2D eigenvalue weighted by atomic mass is 15.3. The molecule has 0 amide bonds. The highest BCUT2D eigenvalue weighted by molar-refractivity contribution is 6.28. The smallest absolute Gasteiger partial charge is 0.238 e. The molecule has 12 aromatic rings. The number of fused-ring (bicyclic) bond motifs is 13. The molecule has 0 N–H and O–H groups in total. The molecule has 276 valence electrons. The first-order valence-electron chi connectivity index (χ1n) is 20.2. The molecule has 0 bridgehead atoms. The van der Waals surface area contributed by atoms with Gasteiger partial charge >= 0.3 is 0 Å². The fourth-order valence-electron chi connectivity index (χ4n) is 9.84. The molecule has 0 atom stereocenters. The lowest BCUT2D eigenvalue weighted by Crippen LogP contribution is -2.16. The van der Waals surface area contributed by atoms with Gasteiger partial charge in [-0.1, -0.05) is 133 Å². The van der Waals surface area contributed by atoms with Crippen LogP contribution in [-0.4, -0.2) is 30.1 Å². The van der Waals surface area contributed by atoms with E-state index in [9.17, 15) is 0 Å². The minimum Gasteiger partial charge on any atom is -0.309 e. The van der Waals surface area contributed by atoms with Gasteiger partial charge in [-0.2, -0.15) is 9.98 Å². The Bertz CT molecular complexity index is 3700. The molecule has 8 aromatic carbocycles. The van der Waals surface area contributed by atoms with Crippen molar-refractivity contribution in [3.63, 3.8) is 0 Å². The molecule has 0 spiro atoms. The van der Waals surface area contributed by atoms with Crippen LogP contribution in [0.2, 0.25) is 0 Å². The number of aliphatic imine (C=N–C) groups is 2. The van der Waals surface area contributed by atoms with E-state index in [0.29, 0.717) is 12.4 Å². The molecule has 13 rings (SSSR count). The highest BCUT2D eigenvalue weighted by Gasteiger charge is 2.25. The van der Waals surface area contributed by atoms with Crippen LogP contribution >= 0.6 is 0 Å². The second kappa shape index (κ2) is 12.3. The van der Waals surface area contributed by atoms with Crippen LogP contribution in [0.25, 0.3) is 98.7 Å². The number of rotatable bonds is 2. The molecule has 1 aliphatic heterocycles. The van der Waals surface area contributed by atoms with Gasteiger partial charge < -0.3 is 4.57 Å². The fraction of sp³-hybridized carbons (Fsp3) is 0.0189. The van der Waals surface area contributed by atoms with E-state index in [-0.39, 0.29) is 0 Å². The Morgan fingerprint density at radius 1 is 0.322 bits per heavy atom. The summed E-state index contributed by atoms with van der Waals surface area (Å²) in [5.74, 6) is 2.35. The summed E-state index contributed by atoms with van der Waals surface area (Å²) < 4.78 is 9.37. The Balaban J connectivity index is 1.17. The predicted octanol–water partition coefficient (Wildman–Crippen LogP) is 13.2. The van der Waals surface area contributed by atoms with Gasteiger partial charge in [0, 0.05) is 55.2 Å². The van der Waals surface area contributed by atoms with Crippen LogP contribution in [0, 0.1) is 0 Å². The third kappa shape index (κ3) is 4.51. The second-order valence-corrected chi connectivity index (χ2v) is 15.3. The first-order chi connectivity index (χ1) is 29.3. The van der Waals surface area contributed by atoms with E-state index >= 15 is 0 Å². The standard InChI is InChI=1S/C53H34N6/c1-2-16-34(17-3-1)56-42-24-10-8-22-39(42)40-30-31-48-51(52(40)56)41-23-9-15-29-47(41)59(48)53-54-49(57-43-25-11-4-18-35(43)36-19-5-12-26-44(36)57)32-33-50(55-53)58-45-27-13-6-20-37(45)38-21-7-14-28-46(38)58/h1-32H,33H2. The second-order valence-electron chi connectivity index (χ2n) is 15.3. The van der Waals surface area contributed by atoms with Crippen LogP contribution in [0.15, 0.2) is 204 Å². The highest BCUT2D eigenvalue weighted by Crippen LogP contribution is 2.42. The molecule has 0 saturated heterocycles. The van der Waals surface area contributed by atoms with Crippen LogP contribution in [-0.2, 0) is 0 Å². The van der Waals surface area contributed by atoms with Crippen LogP contribution < -0.4 is 0 Å². The SMILES string of the molecule is C1=C(n2c3ccccc3c3ccccc32)N=C(n2c3ccccc3c3c2ccc2c4ccccc4n(-c4ccccc4)c23)N=C(n2c3ccccc3c3ccccc32)C1. The van der Waals surface area contributed by atoms with Crippen molar-refractivity contribution in [1.82, 2.24) is 18.3 Å². The molecule has 6 nitrogen and oxygen atoms in total. The minimum atomic E-state index is 0.565. The maximum atomic E-state index is 5.71. The fourth-order valence-corrected chi connectivity index (χ4v) is 9.84. The molecule has 0 fully saturated rings. The van der Waals surface area contributed by atoms with Crippen molar-refractivity contribution in [1.29, 1.82) is 0 Å². The normalized spacial score (nSPS) is 13.7. The van der Waals surface area contributed by atoms with E-state index in [0.717, 1.165) is 55.8 Å².